The van der Waals surface area contributed by atoms with Gasteiger partial charge in [-0.3, -0.25) is 9.59 Å². The van der Waals surface area contributed by atoms with E-state index >= 15 is 0 Å². The molecule has 0 aliphatic carbocycles. The van der Waals surface area contributed by atoms with Crippen molar-refractivity contribution < 1.29 is 29.3 Å². The zero-order chi connectivity index (χ0) is 18.7. The van der Waals surface area contributed by atoms with Crippen LogP contribution in [0.2, 0.25) is 0 Å². The van der Waals surface area contributed by atoms with Gasteiger partial charge in [0, 0.05) is 23.5 Å². The van der Waals surface area contributed by atoms with E-state index in [0.29, 0.717) is 18.8 Å². The Balaban J connectivity index is 0.000000613. The average Bonchev–Trinajstić information content (AvgIpc) is 3.33. The first-order valence-electron chi connectivity index (χ1n) is 7.99. The molecular weight excluding hydrogens is 342 g/mol. The molecule has 2 aliphatic heterocycles. The maximum Gasteiger partial charge on any atom is 0.290 e. The van der Waals surface area contributed by atoms with Gasteiger partial charge in [0.1, 0.15) is 24.1 Å². The lowest BCUT2D eigenvalue weighted by atomic mass is 10.1. The molecule has 26 heavy (non-hydrogen) atoms. The Labute approximate surface area is 149 Å². The van der Waals surface area contributed by atoms with Gasteiger partial charge in [-0.1, -0.05) is 12.1 Å². The molecule has 2 saturated heterocycles. The Morgan fingerprint density at radius 3 is 2.54 bits per heavy atom. The van der Waals surface area contributed by atoms with Crippen LogP contribution < -0.4 is 5.73 Å². The number of aliphatic hydroxyl groups excluding tert-OH is 1. The molecule has 4 rings (SSSR count). The van der Waals surface area contributed by atoms with E-state index in [0.717, 1.165) is 11.4 Å². The first-order valence-corrected chi connectivity index (χ1v) is 7.99. The van der Waals surface area contributed by atoms with Gasteiger partial charge in [-0.05, 0) is 12.1 Å². The maximum absolute atomic E-state index is 11.2. The number of ether oxygens (including phenoxy) is 2. The van der Waals surface area contributed by atoms with Gasteiger partial charge in [-0.2, -0.15) is 0 Å². The molecule has 4 N–H and O–H groups in total. The summed E-state index contributed by atoms with van der Waals surface area (Å²) in [7, 11) is 0. The van der Waals surface area contributed by atoms with E-state index in [9.17, 15) is 9.90 Å². The highest BCUT2D eigenvalue weighted by Crippen LogP contribution is 2.36. The number of imidazole rings is 1. The van der Waals surface area contributed by atoms with E-state index < -0.39 is 12.0 Å². The molecule has 9 heteroatoms. The van der Waals surface area contributed by atoms with Crippen LogP contribution in [0.4, 0.5) is 0 Å². The summed E-state index contributed by atoms with van der Waals surface area (Å²) < 4.78 is 13.4. The fourth-order valence-electron chi connectivity index (χ4n) is 3.29. The molecule has 2 aromatic rings. The summed E-state index contributed by atoms with van der Waals surface area (Å²) in [4.78, 5) is 23.9. The lowest BCUT2D eigenvalue weighted by molar-refractivity contribution is -0.122. The lowest BCUT2D eigenvalue weighted by Gasteiger charge is -2.19. The summed E-state index contributed by atoms with van der Waals surface area (Å²) in [6, 6.07) is 6.96. The topological polar surface area (TPSA) is 137 Å². The number of hydrogen-bond acceptors (Lipinski definition) is 6. The lowest BCUT2D eigenvalue weighted by Crippen LogP contribution is -2.30. The number of primary amides is 1. The predicted molar refractivity (Wildman–Crippen MR) is 89.4 cm³/mol. The van der Waals surface area contributed by atoms with Crippen LogP contribution >= 0.6 is 0 Å². The van der Waals surface area contributed by atoms with Gasteiger partial charge in [0.05, 0.1) is 19.3 Å². The summed E-state index contributed by atoms with van der Waals surface area (Å²) in [6.45, 7) is 0.512. The largest absolute Gasteiger partial charge is 0.483 e. The zero-order valence-corrected chi connectivity index (χ0v) is 13.8. The second kappa shape index (κ2) is 7.65. The predicted octanol–water partition coefficient (Wildman–Crippen LogP) is 0.0494. The summed E-state index contributed by atoms with van der Waals surface area (Å²) in [6.07, 6.45) is 2.56. The number of amides is 1. The second-order valence-electron chi connectivity index (χ2n) is 5.94. The van der Waals surface area contributed by atoms with Crippen molar-refractivity contribution >= 4 is 12.4 Å². The summed E-state index contributed by atoms with van der Waals surface area (Å²) in [5.41, 5.74) is 6.60. The van der Waals surface area contributed by atoms with Gasteiger partial charge in [-0.15, -0.1) is 0 Å². The molecule has 1 aromatic carbocycles. The molecule has 0 spiro atoms. The highest BCUT2D eigenvalue weighted by atomic mass is 16.6. The van der Waals surface area contributed by atoms with Crippen molar-refractivity contribution in [3.8, 4) is 11.4 Å². The van der Waals surface area contributed by atoms with Crippen LogP contribution in [-0.4, -0.2) is 63.7 Å². The first kappa shape index (κ1) is 18.1. The number of nitrogens with two attached hydrogens (primary N) is 1. The molecule has 1 aromatic heterocycles. The van der Waals surface area contributed by atoms with Gasteiger partial charge >= 0.3 is 0 Å². The smallest absolute Gasteiger partial charge is 0.290 e. The number of carbonyl (C=O) groups excluding carboxylic acids is 1. The fourth-order valence-corrected chi connectivity index (χ4v) is 3.29. The number of carbonyl (C=O) groups is 2. The number of aromatic nitrogens is 2. The third-order valence-corrected chi connectivity index (χ3v) is 4.45. The van der Waals surface area contributed by atoms with E-state index in [-0.39, 0.29) is 24.7 Å². The van der Waals surface area contributed by atoms with Crippen molar-refractivity contribution in [3.05, 3.63) is 42.2 Å². The standard InChI is InChI=1S/C16H17N3O4.CH2O2/c17-15(21)9-1-3-10(4-2-9)16-18-5-6-19(16)11-7-22-14-12(20)8-23-13(11)14;2-1-3/h1-6,11-14,20H,7-8H2,(H2,17,21);1H,(H,2,3)/t11-,12+,13+,14+;/m0./s1. The minimum atomic E-state index is -0.577. The Bertz CT molecular complexity index is 775. The number of fused-ring (bicyclic) bond motifs is 1. The number of benzene rings is 1. The van der Waals surface area contributed by atoms with Crippen LogP contribution in [0.15, 0.2) is 36.7 Å². The van der Waals surface area contributed by atoms with E-state index in [1.807, 2.05) is 22.9 Å². The Kier molecular flexibility index (Phi) is 5.31. The second-order valence-corrected chi connectivity index (χ2v) is 5.94. The third-order valence-electron chi connectivity index (χ3n) is 4.45. The molecule has 0 radical (unpaired) electrons. The minimum absolute atomic E-state index is 0.0366. The van der Waals surface area contributed by atoms with Crippen LogP contribution in [0, 0.1) is 0 Å². The molecule has 138 valence electrons. The van der Waals surface area contributed by atoms with Gasteiger partial charge in [-0.25, -0.2) is 4.98 Å². The van der Waals surface area contributed by atoms with E-state index in [1.54, 1.807) is 18.3 Å². The van der Waals surface area contributed by atoms with Crippen LogP contribution in [0.1, 0.15) is 16.4 Å². The highest BCUT2D eigenvalue weighted by molar-refractivity contribution is 5.93. The molecule has 0 saturated carbocycles. The summed E-state index contributed by atoms with van der Waals surface area (Å²) in [5.74, 6) is 0.306. The third kappa shape index (κ3) is 3.32. The van der Waals surface area contributed by atoms with Gasteiger partial charge in [0.2, 0.25) is 5.91 Å². The molecular formula is C17H19N3O6. The zero-order valence-electron chi connectivity index (χ0n) is 13.8. The number of nitrogens with zero attached hydrogens (tertiary/aromatic N) is 2. The average molecular weight is 361 g/mol. The van der Waals surface area contributed by atoms with Crippen LogP contribution in [0.5, 0.6) is 0 Å². The Morgan fingerprint density at radius 2 is 1.88 bits per heavy atom. The number of carboxylic acid groups (broad SMARTS) is 1. The monoisotopic (exact) mass is 361 g/mol. The Hall–Kier alpha value is -2.75. The first-order chi connectivity index (χ1) is 12.6. The van der Waals surface area contributed by atoms with Gasteiger partial charge < -0.3 is 30.0 Å². The minimum Gasteiger partial charge on any atom is -0.483 e. The van der Waals surface area contributed by atoms with Crippen molar-refractivity contribution in [1.29, 1.82) is 0 Å². The number of hydrogen-bond donors (Lipinski definition) is 3. The number of rotatable bonds is 3. The van der Waals surface area contributed by atoms with Crippen molar-refractivity contribution in [3.63, 3.8) is 0 Å². The molecule has 3 heterocycles. The van der Waals surface area contributed by atoms with Crippen LogP contribution in [0.25, 0.3) is 11.4 Å². The van der Waals surface area contributed by atoms with Gasteiger partial charge in [0.15, 0.2) is 0 Å². The normalized spacial score (nSPS) is 26.7. The van der Waals surface area contributed by atoms with Crippen LogP contribution in [-0.2, 0) is 14.3 Å². The summed E-state index contributed by atoms with van der Waals surface area (Å²) in [5, 5.41) is 16.8. The highest BCUT2D eigenvalue weighted by Gasteiger charge is 2.48. The van der Waals surface area contributed by atoms with E-state index in [2.05, 4.69) is 4.98 Å². The van der Waals surface area contributed by atoms with Crippen molar-refractivity contribution in [1.82, 2.24) is 9.55 Å². The molecule has 9 nitrogen and oxygen atoms in total. The maximum atomic E-state index is 11.2. The molecule has 1 amide bonds. The molecule has 2 fully saturated rings. The fraction of sp³-hybridized carbons (Fsp3) is 0.353. The molecule has 0 unspecified atom stereocenters. The molecule has 2 aliphatic rings. The summed E-state index contributed by atoms with van der Waals surface area (Å²) >= 11 is 0. The SMILES string of the molecule is NC(=O)c1ccc(-c2nccn2[C@H]2CO[C@H]3[C@@H]2OC[C@H]3O)cc1.O=CO. The van der Waals surface area contributed by atoms with E-state index in [4.69, 9.17) is 25.1 Å². The van der Waals surface area contributed by atoms with Crippen LogP contribution in [0.3, 0.4) is 0 Å². The number of aliphatic hydroxyl groups is 1. The molecule has 0 bridgehead atoms. The molecule has 4 atom stereocenters. The van der Waals surface area contributed by atoms with Crippen molar-refractivity contribution in [2.24, 2.45) is 5.73 Å². The Morgan fingerprint density at radius 1 is 1.23 bits per heavy atom. The van der Waals surface area contributed by atoms with Crippen molar-refractivity contribution in [2.75, 3.05) is 13.2 Å². The van der Waals surface area contributed by atoms with E-state index in [1.165, 1.54) is 0 Å². The van der Waals surface area contributed by atoms with Gasteiger partial charge in [0.25, 0.3) is 6.47 Å². The quantitative estimate of drug-likeness (QED) is 0.657. The van der Waals surface area contributed by atoms with Crippen molar-refractivity contribution in [2.45, 2.75) is 24.4 Å².